The van der Waals surface area contributed by atoms with Gasteiger partial charge in [0.25, 0.3) is 0 Å². The van der Waals surface area contributed by atoms with Gasteiger partial charge in [-0.15, -0.1) is 0 Å². The van der Waals surface area contributed by atoms with E-state index in [0.29, 0.717) is 19.8 Å². The van der Waals surface area contributed by atoms with Gasteiger partial charge in [-0.25, -0.2) is 0 Å². The Morgan fingerprint density at radius 2 is 1.64 bits per heavy atom. The minimum absolute atomic E-state index is 0.493. The first kappa shape index (κ1) is 20.6. The maximum absolute atomic E-state index is 6.20. The van der Waals surface area contributed by atoms with Crippen molar-refractivity contribution in [2.75, 3.05) is 11.9 Å². The van der Waals surface area contributed by atoms with Crippen molar-refractivity contribution in [3.05, 3.63) is 86.8 Å². The Kier molecular flexibility index (Phi) is 7.24. The molecule has 3 rings (SSSR count). The van der Waals surface area contributed by atoms with Crippen LogP contribution in [0.2, 0.25) is 5.02 Å². The third-order valence-electron chi connectivity index (χ3n) is 4.28. The molecule has 0 bridgehead atoms. The molecule has 0 amide bonds. The maximum Gasteiger partial charge on any atom is 0.161 e. The zero-order chi connectivity index (χ0) is 19.9. The summed E-state index contributed by atoms with van der Waals surface area (Å²) >= 11 is 9.64. The molecule has 0 saturated carbocycles. The van der Waals surface area contributed by atoms with E-state index in [1.807, 2.05) is 74.5 Å². The summed E-state index contributed by atoms with van der Waals surface area (Å²) in [6.07, 6.45) is 0. The van der Waals surface area contributed by atoms with E-state index in [2.05, 4.69) is 21.2 Å². The van der Waals surface area contributed by atoms with E-state index < -0.39 is 0 Å². The minimum atomic E-state index is 0.493. The van der Waals surface area contributed by atoms with Crippen LogP contribution < -0.4 is 14.8 Å². The maximum atomic E-state index is 6.20. The number of hydrogen-bond acceptors (Lipinski definition) is 3. The van der Waals surface area contributed by atoms with Crippen LogP contribution in [0.15, 0.2) is 65.1 Å². The van der Waals surface area contributed by atoms with Crippen molar-refractivity contribution >= 4 is 33.2 Å². The molecule has 146 valence electrons. The lowest BCUT2D eigenvalue weighted by atomic mass is 10.1. The molecule has 0 radical (unpaired) electrons. The van der Waals surface area contributed by atoms with Crippen molar-refractivity contribution in [3.63, 3.8) is 0 Å². The lowest BCUT2D eigenvalue weighted by Gasteiger charge is -2.14. The summed E-state index contributed by atoms with van der Waals surface area (Å²) in [7, 11) is 0. The average Bonchev–Trinajstić information content (AvgIpc) is 2.69. The highest BCUT2D eigenvalue weighted by atomic mass is 79.9. The van der Waals surface area contributed by atoms with Gasteiger partial charge in [0.1, 0.15) is 6.61 Å². The van der Waals surface area contributed by atoms with E-state index in [4.69, 9.17) is 21.1 Å². The molecule has 3 nitrogen and oxygen atoms in total. The third kappa shape index (κ3) is 5.66. The fourth-order valence-electron chi connectivity index (χ4n) is 2.70. The van der Waals surface area contributed by atoms with Crippen molar-refractivity contribution < 1.29 is 9.47 Å². The SMILES string of the molecule is CCOc1cc(CNc2ccc(C)c(Cl)c2)ccc1OCc1ccc(Br)cc1. The van der Waals surface area contributed by atoms with E-state index in [1.165, 1.54) is 0 Å². The van der Waals surface area contributed by atoms with Gasteiger partial charge in [0.2, 0.25) is 0 Å². The van der Waals surface area contributed by atoms with Gasteiger partial charge in [-0.2, -0.15) is 0 Å². The molecule has 0 spiro atoms. The number of hydrogen-bond donors (Lipinski definition) is 1. The van der Waals surface area contributed by atoms with Gasteiger partial charge in [-0.3, -0.25) is 0 Å². The lowest BCUT2D eigenvalue weighted by molar-refractivity contribution is 0.269. The minimum Gasteiger partial charge on any atom is -0.490 e. The second-order valence-electron chi connectivity index (χ2n) is 6.45. The number of benzene rings is 3. The molecule has 0 aliphatic carbocycles. The van der Waals surface area contributed by atoms with Crippen LogP contribution in [0.1, 0.15) is 23.6 Å². The summed E-state index contributed by atoms with van der Waals surface area (Å²) in [5.74, 6) is 1.49. The van der Waals surface area contributed by atoms with E-state index in [1.54, 1.807) is 0 Å². The third-order valence-corrected chi connectivity index (χ3v) is 5.22. The van der Waals surface area contributed by atoms with Crippen LogP contribution >= 0.6 is 27.5 Å². The van der Waals surface area contributed by atoms with E-state index in [0.717, 1.165) is 43.4 Å². The first-order chi connectivity index (χ1) is 13.5. The zero-order valence-corrected chi connectivity index (χ0v) is 18.3. The number of ether oxygens (including phenoxy) is 2. The van der Waals surface area contributed by atoms with E-state index in [9.17, 15) is 0 Å². The molecule has 3 aromatic carbocycles. The molecule has 0 heterocycles. The molecule has 0 aromatic heterocycles. The molecule has 0 atom stereocenters. The van der Waals surface area contributed by atoms with Gasteiger partial charge < -0.3 is 14.8 Å². The van der Waals surface area contributed by atoms with Gasteiger partial charge in [0.15, 0.2) is 11.5 Å². The number of halogens is 2. The van der Waals surface area contributed by atoms with Gasteiger partial charge in [-0.05, 0) is 66.9 Å². The molecule has 28 heavy (non-hydrogen) atoms. The summed E-state index contributed by atoms with van der Waals surface area (Å²) in [6.45, 7) is 5.71. The van der Waals surface area contributed by atoms with Crippen LogP contribution in [-0.2, 0) is 13.2 Å². The lowest BCUT2D eigenvalue weighted by Crippen LogP contribution is -2.03. The summed E-state index contributed by atoms with van der Waals surface area (Å²) in [4.78, 5) is 0. The topological polar surface area (TPSA) is 30.5 Å². The Balaban J connectivity index is 1.67. The summed E-state index contributed by atoms with van der Waals surface area (Å²) < 4.78 is 12.8. The van der Waals surface area contributed by atoms with Crippen molar-refractivity contribution in [1.82, 2.24) is 0 Å². The van der Waals surface area contributed by atoms with Gasteiger partial charge >= 0.3 is 0 Å². The van der Waals surface area contributed by atoms with Gasteiger partial charge in [-0.1, -0.05) is 51.8 Å². The fraction of sp³-hybridized carbons (Fsp3) is 0.217. The highest BCUT2D eigenvalue weighted by Gasteiger charge is 2.08. The van der Waals surface area contributed by atoms with E-state index in [-0.39, 0.29) is 0 Å². The fourth-order valence-corrected chi connectivity index (χ4v) is 3.14. The predicted octanol–water partition coefficient (Wildman–Crippen LogP) is 7.00. The van der Waals surface area contributed by atoms with Crippen molar-refractivity contribution in [3.8, 4) is 11.5 Å². The number of anilines is 1. The van der Waals surface area contributed by atoms with Crippen molar-refractivity contribution in [1.29, 1.82) is 0 Å². The van der Waals surface area contributed by atoms with Crippen LogP contribution in [0, 0.1) is 6.92 Å². The standard InChI is InChI=1S/C23H23BrClNO2/c1-3-27-23-12-18(14-26-20-10-4-16(2)21(25)13-20)7-11-22(23)28-15-17-5-8-19(24)9-6-17/h4-13,26H,3,14-15H2,1-2H3. The molecule has 1 N–H and O–H groups in total. The Labute approximate surface area is 179 Å². The number of rotatable bonds is 8. The quantitative estimate of drug-likeness (QED) is 0.392. The highest BCUT2D eigenvalue weighted by Crippen LogP contribution is 2.30. The Bertz CT molecular complexity index is 928. The van der Waals surface area contributed by atoms with Gasteiger partial charge in [0, 0.05) is 21.7 Å². The molecule has 0 fully saturated rings. The van der Waals surface area contributed by atoms with Crippen LogP contribution in [0.5, 0.6) is 11.5 Å². The normalized spacial score (nSPS) is 10.6. The summed E-state index contributed by atoms with van der Waals surface area (Å²) in [5, 5.41) is 4.16. The largest absolute Gasteiger partial charge is 0.490 e. The van der Waals surface area contributed by atoms with E-state index >= 15 is 0 Å². The van der Waals surface area contributed by atoms with Gasteiger partial charge in [0.05, 0.1) is 6.61 Å². The Morgan fingerprint density at radius 1 is 0.893 bits per heavy atom. The molecular formula is C23H23BrClNO2. The number of nitrogens with one attached hydrogen (secondary N) is 1. The molecule has 0 unspecified atom stereocenters. The van der Waals surface area contributed by atoms with Crippen LogP contribution in [0.4, 0.5) is 5.69 Å². The first-order valence-corrected chi connectivity index (χ1v) is 10.3. The predicted molar refractivity (Wildman–Crippen MR) is 120 cm³/mol. The number of aryl methyl sites for hydroxylation is 1. The average molecular weight is 461 g/mol. The van der Waals surface area contributed by atoms with Crippen LogP contribution in [0.3, 0.4) is 0 Å². The summed E-state index contributed by atoms with van der Waals surface area (Å²) in [5.41, 5.74) is 4.27. The smallest absolute Gasteiger partial charge is 0.161 e. The Morgan fingerprint density at radius 3 is 2.36 bits per heavy atom. The van der Waals surface area contributed by atoms with Crippen LogP contribution in [-0.4, -0.2) is 6.61 Å². The monoisotopic (exact) mass is 459 g/mol. The summed E-state index contributed by atoms with van der Waals surface area (Å²) in [6, 6.07) is 20.1. The van der Waals surface area contributed by atoms with Crippen molar-refractivity contribution in [2.24, 2.45) is 0 Å². The molecular weight excluding hydrogens is 438 g/mol. The second-order valence-corrected chi connectivity index (χ2v) is 7.77. The molecule has 0 aliphatic rings. The van der Waals surface area contributed by atoms with Crippen molar-refractivity contribution in [2.45, 2.75) is 27.0 Å². The Hall–Kier alpha value is -2.17. The molecule has 5 heteroatoms. The highest BCUT2D eigenvalue weighted by molar-refractivity contribution is 9.10. The first-order valence-electron chi connectivity index (χ1n) is 9.18. The molecule has 3 aromatic rings. The zero-order valence-electron chi connectivity index (χ0n) is 16.0. The molecule has 0 saturated heterocycles. The van der Waals surface area contributed by atoms with Crippen LogP contribution in [0.25, 0.3) is 0 Å². The molecule has 0 aliphatic heterocycles. The second kappa shape index (κ2) is 9.85.